The van der Waals surface area contributed by atoms with Crippen molar-refractivity contribution in [1.82, 2.24) is 0 Å². The van der Waals surface area contributed by atoms with Gasteiger partial charge in [-0.1, -0.05) is 67.5 Å². The maximum atomic E-state index is 13.1. The fourth-order valence-corrected chi connectivity index (χ4v) is 5.76. The third-order valence-electron chi connectivity index (χ3n) is 7.36. The molecule has 5 atom stereocenters. The number of unbranched alkanes of at least 4 members (excludes halogenated alkanes) is 1. The van der Waals surface area contributed by atoms with E-state index in [-0.39, 0.29) is 23.2 Å². The lowest BCUT2D eigenvalue weighted by molar-refractivity contribution is -0.140. The zero-order valence-corrected chi connectivity index (χ0v) is 25.0. The first-order valence-electron chi connectivity index (χ1n) is 13.7. The molecule has 2 rings (SSSR count). The molecular weight excluding hydrogens is 516 g/mol. The molecule has 1 aromatic rings. The zero-order valence-electron chi connectivity index (χ0n) is 24.2. The van der Waals surface area contributed by atoms with Gasteiger partial charge in [-0.15, -0.1) is 0 Å². The summed E-state index contributed by atoms with van der Waals surface area (Å²) in [6.45, 7) is 9.89. The molecule has 7 nitrogen and oxygen atoms in total. The van der Waals surface area contributed by atoms with E-state index in [0.29, 0.717) is 32.1 Å². The van der Waals surface area contributed by atoms with Crippen LogP contribution >= 0.6 is 0 Å². The molecule has 0 saturated heterocycles. The van der Waals surface area contributed by atoms with Crippen LogP contribution in [0.3, 0.4) is 0 Å². The smallest absolute Gasteiger partial charge is 0.305 e. The Labute approximate surface area is 234 Å². The van der Waals surface area contributed by atoms with E-state index in [1.165, 1.54) is 24.8 Å². The molecule has 0 spiro atoms. The van der Waals surface area contributed by atoms with Gasteiger partial charge in [0.05, 0.1) is 30.3 Å². The van der Waals surface area contributed by atoms with Crippen LogP contribution in [0.5, 0.6) is 0 Å². The Bertz CT molecular complexity index is 1110. The summed E-state index contributed by atoms with van der Waals surface area (Å²) in [4.78, 5) is 11.4. The second kappa shape index (κ2) is 14.9. The molecule has 0 amide bonds. The van der Waals surface area contributed by atoms with Crippen LogP contribution in [0.1, 0.15) is 71.8 Å². The lowest BCUT2D eigenvalue weighted by atomic mass is 9.81. The van der Waals surface area contributed by atoms with Gasteiger partial charge in [-0.25, -0.2) is 0 Å². The number of benzene rings is 1. The Kier molecular flexibility index (Phi) is 12.6. The minimum atomic E-state index is -4.03. The third kappa shape index (κ3) is 10.3. The number of allylic oxidation sites excluding steroid dienone is 4. The highest BCUT2D eigenvalue weighted by molar-refractivity contribution is 7.86. The first-order valence-corrected chi connectivity index (χ1v) is 15.1. The number of carbonyl (C=O) groups is 1. The van der Waals surface area contributed by atoms with Gasteiger partial charge >= 0.3 is 5.97 Å². The van der Waals surface area contributed by atoms with Gasteiger partial charge in [0.1, 0.15) is 0 Å². The van der Waals surface area contributed by atoms with Crippen molar-refractivity contribution in [3.8, 4) is 0 Å². The average molecular weight is 563 g/mol. The minimum Gasteiger partial charge on any atom is -0.469 e. The van der Waals surface area contributed by atoms with Gasteiger partial charge in [-0.05, 0) is 69.9 Å². The quantitative estimate of drug-likeness (QED) is 0.130. The SMILES string of the molecule is COC(=O)CCC/C=C\C[C@@H]1[C@@H](/C=C/[C@@H](O)C(C)(C)CC=C(C)C)[C@H](O)C[C@H]1OS(=O)(=O)c1ccc(C)cc1. The second-order valence-electron chi connectivity index (χ2n) is 11.4. The van der Waals surface area contributed by atoms with Crippen LogP contribution in [0.2, 0.25) is 0 Å². The molecule has 0 radical (unpaired) electrons. The Balaban J connectivity index is 2.22. The van der Waals surface area contributed by atoms with E-state index < -0.39 is 39.8 Å². The van der Waals surface area contributed by atoms with Crippen LogP contribution in [0.4, 0.5) is 0 Å². The maximum absolute atomic E-state index is 13.1. The lowest BCUT2D eigenvalue weighted by Gasteiger charge is -2.28. The number of aryl methyl sites for hydroxylation is 1. The monoisotopic (exact) mass is 562 g/mol. The number of carbonyl (C=O) groups excluding carboxylic acids is 1. The number of ether oxygens (including phenoxy) is 1. The highest BCUT2D eigenvalue weighted by atomic mass is 32.2. The van der Waals surface area contributed by atoms with E-state index in [4.69, 9.17) is 4.18 Å². The Morgan fingerprint density at radius 3 is 2.46 bits per heavy atom. The van der Waals surface area contributed by atoms with Gasteiger partial charge in [-0.2, -0.15) is 8.42 Å². The number of aliphatic hydroxyl groups excluding tert-OH is 2. The van der Waals surface area contributed by atoms with Crippen LogP contribution in [-0.2, 0) is 23.8 Å². The molecule has 0 heterocycles. The van der Waals surface area contributed by atoms with Gasteiger partial charge in [0, 0.05) is 18.8 Å². The molecule has 0 unspecified atom stereocenters. The van der Waals surface area contributed by atoms with Gasteiger partial charge < -0.3 is 14.9 Å². The van der Waals surface area contributed by atoms with Gasteiger partial charge in [-0.3, -0.25) is 8.98 Å². The van der Waals surface area contributed by atoms with Crippen molar-refractivity contribution in [2.75, 3.05) is 7.11 Å². The van der Waals surface area contributed by atoms with E-state index in [1.54, 1.807) is 18.2 Å². The summed E-state index contributed by atoms with van der Waals surface area (Å²) in [5.74, 6) is -0.966. The molecule has 1 aromatic carbocycles. The fraction of sp³-hybridized carbons (Fsp3) is 0.581. The predicted octanol–water partition coefficient (Wildman–Crippen LogP) is 5.66. The summed E-state index contributed by atoms with van der Waals surface area (Å²) in [5, 5.41) is 21.9. The fourth-order valence-electron chi connectivity index (χ4n) is 4.64. The number of esters is 1. The van der Waals surface area contributed by atoms with Gasteiger partial charge in [0.25, 0.3) is 10.1 Å². The number of aliphatic hydroxyl groups is 2. The molecule has 0 aromatic heterocycles. The lowest BCUT2D eigenvalue weighted by Crippen LogP contribution is -2.28. The van der Waals surface area contributed by atoms with Crippen molar-refractivity contribution in [2.45, 2.75) is 96.4 Å². The molecule has 2 N–H and O–H groups in total. The topological polar surface area (TPSA) is 110 Å². The number of methoxy groups -OCH3 is 1. The molecule has 1 fully saturated rings. The standard InChI is InChI=1S/C31H46O7S/c1-22(2)19-20-31(4,5)29(33)18-17-25-26(11-9-7-8-10-12-30(34)37-6)28(21-27(25)32)38-39(35,36)24-15-13-23(3)14-16-24/h7,9,13-19,25-29,32-33H,8,10-12,20-21H2,1-6H3/b9-7-,18-17+/t25-,26-,27-,28-,29-/m1/s1. The van der Waals surface area contributed by atoms with Crippen molar-refractivity contribution >= 4 is 16.1 Å². The van der Waals surface area contributed by atoms with Crippen molar-refractivity contribution in [3.05, 3.63) is 65.8 Å². The van der Waals surface area contributed by atoms with Crippen LogP contribution in [0, 0.1) is 24.2 Å². The predicted molar refractivity (Wildman–Crippen MR) is 153 cm³/mol. The first-order chi connectivity index (χ1) is 18.3. The molecule has 0 aliphatic heterocycles. The maximum Gasteiger partial charge on any atom is 0.305 e. The van der Waals surface area contributed by atoms with Crippen LogP contribution in [0.15, 0.2) is 65.1 Å². The molecule has 1 aliphatic carbocycles. The normalized spacial score (nSPS) is 22.9. The summed E-state index contributed by atoms with van der Waals surface area (Å²) in [7, 11) is -2.67. The molecule has 39 heavy (non-hydrogen) atoms. The minimum absolute atomic E-state index is 0.0788. The van der Waals surface area contributed by atoms with E-state index >= 15 is 0 Å². The summed E-state index contributed by atoms with van der Waals surface area (Å²) in [5.41, 5.74) is 1.72. The average Bonchev–Trinajstić information content (AvgIpc) is 3.16. The highest BCUT2D eigenvalue weighted by Crippen LogP contribution is 2.40. The first kappa shape index (κ1) is 32.9. The largest absolute Gasteiger partial charge is 0.469 e. The van der Waals surface area contributed by atoms with Crippen LogP contribution in [-0.4, -0.2) is 50.0 Å². The Morgan fingerprint density at radius 1 is 1.18 bits per heavy atom. The van der Waals surface area contributed by atoms with E-state index in [9.17, 15) is 23.4 Å². The van der Waals surface area contributed by atoms with Crippen LogP contribution < -0.4 is 0 Å². The Morgan fingerprint density at radius 2 is 1.85 bits per heavy atom. The van der Waals surface area contributed by atoms with E-state index in [0.717, 1.165) is 5.56 Å². The van der Waals surface area contributed by atoms with E-state index in [2.05, 4.69) is 10.8 Å². The molecular formula is C31H46O7S. The number of hydrogen-bond donors (Lipinski definition) is 2. The van der Waals surface area contributed by atoms with Crippen molar-refractivity contribution in [2.24, 2.45) is 17.3 Å². The Hall–Kier alpha value is -2.26. The van der Waals surface area contributed by atoms with Gasteiger partial charge in [0.2, 0.25) is 0 Å². The van der Waals surface area contributed by atoms with E-state index in [1.807, 2.05) is 52.8 Å². The van der Waals surface area contributed by atoms with Crippen molar-refractivity contribution in [3.63, 3.8) is 0 Å². The van der Waals surface area contributed by atoms with Crippen molar-refractivity contribution in [1.29, 1.82) is 0 Å². The molecule has 1 saturated carbocycles. The number of hydrogen-bond acceptors (Lipinski definition) is 7. The molecule has 8 heteroatoms. The van der Waals surface area contributed by atoms with Crippen LogP contribution in [0.25, 0.3) is 0 Å². The summed E-state index contributed by atoms with van der Waals surface area (Å²) in [6.07, 6.45) is 10.2. The summed E-state index contributed by atoms with van der Waals surface area (Å²) in [6, 6.07) is 6.49. The summed E-state index contributed by atoms with van der Waals surface area (Å²) >= 11 is 0. The van der Waals surface area contributed by atoms with Gasteiger partial charge in [0.15, 0.2) is 0 Å². The molecule has 1 aliphatic rings. The molecule has 218 valence electrons. The molecule has 0 bridgehead atoms. The highest BCUT2D eigenvalue weighted by Gasteiger charge is 2.43. The van der Waals surface area contributed by atoms with Crippen molar-refractivity contribution < 1.29 is 32.3 Å². The second-order valence-corrected chi connectivity index (χ2v) is 13.0. The zero-order chi connectivity index (χ0) is 29.2. The summed E-state index contributed by atoms with van der Waals surface area (Å²) < 4.78 is 36.5. The number of rotatable bonds is 14. The third-order valence-corrected chi connectivity index (χ3v) is 8.71.